The number of fused-ring (bicyclic) bond motifs is 1. The van der Waals surface area contributed by atoms with Crippen molar-refractivity contribution < 1.29 is 0 Å². The van der Waals surface area contributed by atoms with Crippen LogP contribution in [0.4, 0.5) is 5.69 Å². The fourth-order valence-electron chi connectivity index (χ4n) is 1.86. The average Bonchev–Trinajstić information content (AvgIpc) is 2.12. The third kappa shape index (κ3) is 1.09. The summed E-state index contributed by atoms with van der Waals surface area (Å²) in [7, 11) is 2.18. The van der Waals surface area contributed by atoms with Crippen LogP contribution in [0.25, 0.3) is 0 Å². The van der Waals surface area contributed by atoms with Crippen LogP contribution in [0.3, 0.4) is 0 Å². The Balaban J connectivity index is 2.42. The molecule has 0 aliphatic carbocycles. The number of aryl methyl sites for hydroxylation is 1. The predicted molar refractivity (Wildman–Crippen MR) is 52.6 cm³/mol. The van der Waals surface area contributed by atoms with Crippen molar-refractivity contribution in [1.29, 1.82) is 0 Å². The molecule has 0 saturated carbocycles. The van der Waals surface area contributed by atoms with Gasteiger partial charge in [0.25, 0.3) is 0 Å². The largest absolute Gasteiger partial charge is 0.372 e. The lowest BCUT2D eigenvalue weighted by Crippen LogP contribution is -2.33. The first-order valence-corrected chi connectivity index (χ1v) is 4.60. The molecule has 0 N–H and O–H groups in total. The molecular weight excluding hydrogens is 146 g/mol. The van der Waals surface area contributed by atoms with Crippen LogP contribution in [0.5, 0.6) is 0 Å². The van der Waals surface area contributed by atoms with Gasteiger partial charge < -0.3 is 4.90 Å². The van der Waals surface area contributed by atoms with Crippen molar-refractivity contribution in [2.45, 2.75) is 25.8 Å². The van der Waals surface area contributed by atoms with Crippen LogP contribution in [0.2, 0.25) is 0 Å². The van der Waals surface area contributed by atoms with Crippen molar-refractivity contribution >= 4 is 5.69 Å². The standard InChI is InChI=1S/C11H15N/c1-9-7-8-10-5-3-4-6-11(10)12(9)2/h3-6,9H,7-8H2,1-2H3/t9-/m1/s1. The normalized spacial score (nSPS) is 22.2. The van der Waals surface area contributed by atoms with E-state index in [0.717, 1.165) is 0 Å². The molecule has 1 heterocycles. The molecule has 0 aromatic heterocycles. The number of para-hydroxylation sites is 1. The molecule has 64 valence electrons. The van der Waals surface area contributed by atoms with Crippen LogP contribution < -0.4 is 4.90 Å². The summed E-state index contributed by atoms with van der Waals surface area (Å²) < 4.78 is 0. The molecule has 1 nitrogen and oxygen atoms in total. The van der Waals surface area contributed by atoms with E-state index < -0.39 is 0 Å². The van der Waals surface area contributed by atoms with Gasteiger partial charge in [-0.1, -0.05) is 18.2 Å². The number of benzene rings is 1. The summed E-state index contributed by atoms with van der Waals surface area (Å²) >= 11 is 0. The second kappa shape index (κ2) is 2.81. The minimum atomic E-state index is 0.694. The van der Waals surface area contributed by atoms with Gasteiger partial charge in [-0.25, -0.2) is 0 Å². The minimum absolute atomic E-state index is 0.694. The third-order valence-electron chi connectivity index (χ3n) is 2.86. The van der Waals surface area contributed by atoms with E-state index in [1.807, 2.05) is 0 Å². The lowest BCUT2D eigenvalue weighted by Gasteiger charge is -2.33. The number of nitrogens with zero attached hydrogens (tertiary/aromatic N) is 1. The Labute approximate surface area is 74.0 Å². The molecule has 0 spiro atoms. The zero-order valence-electron chi connectivity index (χ0n) is 7.75. The van der Waals surface area contributed by atoms with Gasteiger partial charge in [0.15, 0.2) is 0 Å². The van der Waals surface area contributed by atoms with Crippen LogP contribution in [-0.4, -0.2) is 13.1 Å². The summed E-state index contributed by atoms with van der Waals surface area (Å²) in [4.78, 5) is 2.37. The fraction of sp³-hybridized carbons (Fsp3) is 0.455. The van der Waals surface area contributed by atoms with Gasteiger partial charge in [-0.2, -0.15) is 0 Å². The van der Waals surface area contributed by atoms with Gasteiger partial charge in [-0.05, 0) is 31.4 Å². The maximum absolute atomic E-state index is 2.37. The van der Waals surface area contributed by atoms with E-state index in [4.69, 9.17) is 0 Å². The van der Waals surface area contributed by atoms with Crippen molar-refractivity contribution in [2.75, 3.05) is 11.9 Å². The quantitative estimate of drug-likeness (QED) is 0.565. The second-order valence-corrected chi connectivity index (χ2v) is 3.63. The third-order valence-corrected chi connectivity index (χ3v) is 2.86. The Bertz CT molecular complexity index is 280. The molecule has 0 saturated heterocycles. The number of rotatable bonds is 0. The molecule has 0 fully saturated rings. The molecule has 1 atom stereocenters. The van der Waals surface area contributed by atoms with Gasteiger partial charge in [0.2, 0.25) is 0 Å². The number of anilines is 1. The van der Waals surface area contributed by atoms with Gasteiger partial charge in [-0.15, -0.1) is 0 Å². The highest BCUT2D eigenvalue weighted by Crippen LogP contribution is 2.28. The van der Waals surface area contributed by atoms with Gasteiger partial charge in [0.05, 0.1) is 0 Å². The Kier molecular flexibility index (Phi) is 1.80. The van der Waals surface area contributed by atoms with E-state index in [0.29, 0.717) is 6.04 Å². The lowest BCUT2D eigenvalue weighted by molar-refractivity contribution is 0.598. The smallest absolute Gasteiger partial charge is 0.0398 e. The summed E-state index contributed by atoms with van der Waals surface area (Å²) in [5.74, 6) is 0. The van der Waals surface area contributed by atoms with Gasteiger partial charge in [0.1, 0.15) is 0 Å². The summed E-state index contributed by atoms with van der Waals surface area (Å²) in [5.41, 5.74) is 2.91. The zero-order valence-corrected chi connectivity index (χ0v) is 7.75. The maximum Gasteiger partial charge on any atom is 0.0398 e. The Morgan fingerprint density at radius 3 is 2.92 bits per heavy atom. The highest BCUT2D eigenvalue weighted by molar-refractivity contribution is 5.55. The monoisotopic (exact) mass is 161 g/mol. The Hall–Kier alpha value is -0.980. The minimum Gasteiger partial charge on any atom is -0.372 e. The fourth-order valence-corrected chi connectivity index (χ4v) is 1.86. The van der Waals surface area contributed by atoms with E-state index in [9.17, 15) is 0 Å². The topological polar surface area (TPSA) is 3.24 Å². The van der Waals surface area contributed by atoms with Crippen molar-refractivity contribution in [3.8, 4) is 0 Å². The molecule has 0 amide bonds. The molecule has 12 heavy (non-hydrogen) atoms. The van der Waals surface area contributed by atoms with Crippen LogP contribution >= 0.6 is 0 Å². The van der Waals surface area contributed by atoms with Crippen LogP contribution in [0.15, 0.2) is 24.3 Å². The van der Waals surface area contributed by atoms with E-state index in [1.54, 1.807) is 0 Å². The SMILES string of the molecule is C[C@@H]1CCc2ccccc2N1C. The van der Waals surface area contributed by atoms with Crippen molar-refractivity contribution in [3.05, 3.63) is 29.8 Å². The Morgan fingerprint density at radius 2 is 2.08 bits per heavy atom. The van der Waals surface area contributed by atoms with Gasteiger partial charge >= 0.3 is 0 Å². The van der Waals surface area contributed by atoms with Crippen LogP contribution in [-0.2, 0) is 6.42 Å². The molecule has 1 aromatic rings. The molecule has 1 aromatic carbocycles. The molecule has 0 unspecified atom stereocenters. The zero-order chi connectivity index (χ0) is 8.55. The summed E-state index contributed by atoms with van der Waals surface area (Å²) in [6, 6.07) is 9.39. The number of hydrogen-bond donors (Lipinski definition) is 0. The summed E-state index contributed by atoms with van der Waals surface area (Å²) in [6.45, 7) is 2.29. The molecular formula is C11H15N. The first-order valence-electron chi connectivity index (χ1n) is 4.60. The summed E-state index contributed by atoms with van der Waals surface area (Å²) in [5, 5.41) is 0. The van der Waals surface area contributed by atoms with E-state index >= 15 is 0 Å². The van der Waals surface area contributed by atoms with E-state index in [2.05, 4.69) is 43.1 Å². The van der Waals surface area contributed by atoms with Crippen molar-refractivity contribution in [3.63, 3.8) is 0 Å². The van der Waals surface area contributed by atoms with Crippen LogP contribution in [0.1, 0.15) is 18.9 Å². The maximum atomic E-state index is 2.37. The highest BCUT2D eigenvalue weighted by atomic mass is 15.1. The van der Waals surface area contributed by atoms with Crippen molar-refractivity contribution in [2.24, 2.45) is 0 Å². The predicted octanol–water partition coefficient (Wildman–Crippen LogP) is 2.46. The van der Waals surface area contributed by atoms with Crippen LogP contribution in [0, 0.1) is 0 Å². The second-order valence-electron chi connectivity index (χ2n) is 3.63. The van der Waals surface area contributed by atoms with E-state index in [1.165, 1.54) is 24.1 Å². The summed E-state index contributed by atoms with van der Waals surface area (Å²) in [6.07, 6.45) is 2.52. The average molecular weight is 161 g/mol. The molecule has 0 radical (unpaired) electrons. The number of hydrogen-bond acceptors (Lipinski definition) is 1. The first-order chi connectivity index (χ1) is 5.79. The lowest BCUT2D eigenvalue weighted by atomic mass is 9.97. The molecule has 1 heteroatoms. The van der Waals surface area contributed by atoms with Gasteiger partial charge in [-0.3, -0.25) is 0 Å². The highest BCUT2D eigenvalue weighted by Gasteiger charge is 2.18. The molecule has 2 rings (SSSR count). The van der Waals surface area contributed by atoms with Gasteiger partial charge in [0, 0.05) is 18.8 Å². The molecule has 1 aliphatic rings. The van der Waals surface area contributed by atoms with Crippen molar-refractivity contribution in [1.82, 2.24) is 0 Å². The van der Waals surface area contributed by atoms with E-state index in [-0.39, 0.29) is 0 Å². The Morgan fingerprint density at radius 1 is 1.33 bits per heavy atom. The molecule has 0 bridgehead atoms. The molecule has 1 aliphatic heterocycles. The first kappa shape index (κ1) is 7.66.